The molecule has 0 unspecified atom stereocenters. The minimum atomic E-state index is -0.234. The van der Waals surface area contributed by atoms with Crippen molar-refractivity contribution in [2.24, 2.45) is 0 Å². The Morgan fingerprint density at radius 2 is 2.27 bits per heavy atom. The molecule has 5 nitrogen and oxygen atoms in total. The molecule has 0 bridgehead atoms. The minimum Gasteiger partial charge on any atom is -0.295 e. The van der Waals surface area contributed by atoms with Crippen LogP contribution in [0.15, 0.2) is 13.6 Å². The summed E-state index contributed by atoms with van der Waals surface area (Å²) in [5.41, 5.74) is 0.557. The van der Waals surface area contributed by atoms with Crippen LogP contribution in [0.1, 0.15) is 10.4 Å². The van der Waals surface area contributed by atoms with Crippen molar-refractivity contribution in [1.29, 1.82) is 0 Å². The van der Waals surface area contributed by atoms with Crippen molar-refractivity contribution in [3.8, 4) is 0 Å². The summed E-state index contributed by atoms with van der Waals surface area (Å²) in [6, 6.07) is 1.73. The van der Waals surface area contributed by atoms with Gasteiger partial charge in [-0.3, -0.25) is 10.1 Å². The lowest BCUT2D eigenvalue weighted by molar-refractivity contribution is 0.102. The highest BCUT2D eigenvalue weighted by molar-refractivity contribution is 9.12. The molecule has 2 rings (SSSR count). The van der Waals surface area contributed by atoms with Gasteiger partial charge in [0.2, 0.25) is 5.13 Å². The van der Waals surface area contributed by atoms with Crippen LogP contribution < -0.4 is 5.32 Å². The Balaban J connectivity index is 2.18. The Bertz CT molecular complexity index is 483. The van der Waals surface area contributed by atoms with E-state index >= 15 is 0 Å². The SMILES string of the molecule is O=C(Nc1nnns1)c1cc(Br)sc1Br. The number of rotatable bonds is 2. The first-order valence-electron chi connectivity index (χ1n) is 3.58. The standard InChI is InChI=1S/C6H2Br2N4OS2/c7-3-1-2(4(8)14-3)5(13)9-6-10-11-12-15-6/h1H,(H,9,10,12,13). The Kier molecular flexibility index (Phi) is 3.44. The number of nitrogens with zero attached hydrogens (tertiary/aromatic N) is 3. The average molecular weight is 370 g/mol. The number of carbonyl (C=O) groups excluding carboxylic acids is 1. The fourth-order valence-electron chi connectivity index (χ4n) is 0.841. The molecule has 9 heteroatoms. The zero-order chi connectivity index (χ0) is 10.8. The van der Waals surface area contributed by atoms with Gasteiger partial charge in [0.1, 0.15) is 0 Å². The van der Waals surface area contributed by atoms with Crippen LogP contribution in [0.2, 0.25) is 0 Å². The van der Waals surface area contributed by atoms with Crippen molar-refractivity contribution in [2.75, 3.05) is 5.32 Å². The number of carbonyl (C=O) groups is 1. The molecule has 0 aliphatic heterocycles. The van der Waals surface area contributed by atoms with E-state index in [1.54, 1.807) is 6.07 Å². The molecular weight excluding hydrogens is 368 g/mol. The lowest BCUT2D eigenvalue weighted by Gasteiger charge is -1.97. The van der Waals surface area contributed by atoms with Crippen molar-refractivity contribution in [1.82, 2.24) is 14.8 Å². The number of hydrogen-bond acceptors (Lipinski definition) is 6. The van der Waals surface area contributed by atoms with E-state index in [1.165, 1.54) is 11.3 Å². The first-order chi connectivity index (χ1) is 7.16. The Hall–Kier alpha value is -0.380. The molecule has 2 heterocycles. The highest BCUT2D eigenvalue weighted by Gasteiger charge is 2.14. The van der Waals surface area contributed by atoms with Crippen molar-refractivity contribution >= 4 is 65.8 Å². The number of anilines is 1. The molecule has 0 atom stereocenters. The molecule has 2 aromatic heterocycles. The summed E-state index contributed by atoms with van der Waals surface area (Å²) in [6.07, 6.45) is 0. The third kappa shape index (κ3) is 2.60. The Morgan fingerprint density at radius 3 is 2.80 bits per heavy atom. The molecule has 15 heavy (non-hydrogen) atoms. The maximum atomic E-state index is 11.7. The van der Waals surface area contributed by atoms with Crippen LogP contribution in [-0.4, -0.2) is 20.7 Å². The highest BCUT2D eigenvalue weighted by atomic mass is 79.9. The molecule has 1 amide bonds. The first-order valence-corrected chi connectivity index (χ1v) is 6.75. The van der Waals surface area contributed by atoms with E-state index < -0.39 is 0 Å². The molecule has 0 saturated carbocycles. The van der Waals surface area contributed by atoms with Crippen LogP contribution >= 0.6 is 54.7 Å². The predicted molar refractivity (Wildman–Crippen MR) is 65.4 cm³/mol. The molecule has 0 aromatic carbocycles. The van der Waals surface area contributed by atoms with Crippen LogP contribution in [0.25, 0.3) is 0 Å². The van der Waals surface area contributed by atoms with Gasteiger partial charge in [-0.05, 0) is 43.1 Å². The quantitative estimate of drug-likeness (QED) is 0.883. The molecule has 0 aliphatic rings. The van der Waals surface area contributed by atoms with Gasteiger partial charge in [-0.25, -0.2) is 0 Å². The van der Waals surface area contributed by atoms with E-state index in [4.69, 9.17) is 0 Å². The fourth-order valence-corrected chi connectivity index (χ4v) is 4.00. The molecule has 0 spiro atoms. The van der Waals surface area contributed by atoms with E-state index in [9.17, 15) is 4.79 Å². The normalized spacial score (nSPS) is 10.3. The lowest BCUT2D eigenvalue weighted by Crippen LogP contribution is -2.11. The van der Waals surface area contributed by atoms with Crippen molar-refractivity contribution in [3.05, 3.63) is 19.2 Å². The molecule has 0 saturated heterocycles. The number of amides is 1. The van der Waals surface area contributed by atoms with Gasteiger partial charge in [0.15, 0.2) is 0 Å². The Labute approximate surface area is 109 Å². The number of hydrogen-bond donors (Lipinski definition) is 1. The summed E-state index contributed by atoms with van der Waals surface area (Å²) in [4.78, 5) is 11.7. The zero-order valence-corrected chi connectivity index (χ0v) is 11.7. The maximum absolute atomic E-state index is 11.7. The highest BCUT2D eigenvalue weighted by Crippen LogP contribution is 2.32. The van der Waals surface area contributed by atoms with E-state index in [1.807, 2.05) is 0 Å². The molecule has 78 valence electrons. The van der Waals surface area contributed by atoms with Gasteiger partial charge in [0, 0.05) is 11.5 Å². The molecular formula is C6H2Br2N4OS2. The van der Waals surface area contributed by atoms with Crippen molar-refractivity contribution in [2.45, 2.75) is 0 Å². The summed E-state index contributed by atoms with van der Waals surface area (Å²) in [6.45, 7) is 0. The molecule has 0 fully saturated rings. The lowest BCUT2D eigenvalue weighted by atomic mass is 10.3. The van der Waals surface area contributed by atoms with Gasteiger partial charge in [-0.15, -0.1) is 11.3 Å². The van der Waals surface area contributed by atoms with Gasteiger partial charge in [-0.1, -0.05) is 9.59 Å². The smallest absolute Gasteiger partial charge is 0.259 e. The van der Waals surface area contributed by atoms with Crippen LogP contribution in [0.3, 0.4) is 0 Å². The molecule has 1 N–H and O–H groups in total. The molecule has 2 aromatic rings. The second-order valence-corrected chi connectivity index (χ2v) is 6.84. The van der Waals surface area contributed by atoms with Crippen molar-refractivity contribution in [3.63, 3.8) is 0 Å². The van der Waals surface area contributed by atoms with Gasteiger partial charge in [-0.2, -0.15) is 0 Å². The summed E-state index contributed by atoms with van der Waals surface area (Å²) in [5.74, 6) is -0.234. The second-order valence-electron chi connectivity index (χ2n) is 2.36. The second kappa shape index (κ2) is 4.64. The fraction of sp³-hybridized carbons (Fsp3) is 0. The van der Waals surface area contributed by atoms with Crippen LogP contribution in [0.5, 0.6) is 0 Å². The van der Waals surface area contributed by atoms with Gasteiger partial charge in [0.25, 0.3) is 5.91 Å². The number of thiophene rings is 1. The third-order valence-electron chi connectivity index (χ3n) is 1.42. The van der Waals surface area contributed by atoms with E-state index in [0.29, 0.717) is 10.7 Å². The van der Waals surface area contributed by atoms with E-state index in [-0.39, 0.29) is 5.91 Å². The molecule has 0 aliphatic carbocycles. The van der Waals surface area contributed by atoms with Crippen molar-refractivity contribution < 1.29 is 4.79 Å². The van der Waals surface area contributed by atoms with Gasteiger partial charge >= 0.3 is 0 Å². The summed E-state index contributed by atoms with van der Waals surface area (Å²) < 4.78 is 5.20. The summed E-state index contributed by atoms with van der Waals surface area (Å²) >= 11 is 9.07. The van der Waals surface area contributed by atoms with Crippen LogP contribution in [-0.2, 0) is 0 Å². The first kappa shape index (κ1) is 11.1. The summed E-state index contributed by atoms with van der Waals surface area (Å²) in [5, 5.41) is 9.98. The number of halogens is 2. The monoisotopic (exact) mass is 368 g/mol. The van der Waals surface area contributed by atoms with Crippen LogP contribution in [0, 0.1) is 0 Å². The summed E-state index contributed by atoms with van der Waals surface area (Å²) in [7, 11) is 0. The van der Waals surface area contributed by atoms with Gasteiger partial charge < -0.3 is 0 Å². The minimum absolute atomic E-state index is 0.234. The van der Waals surface area contributed by atoms with E-state index in [0.717, 1.165) is 19.1 Å². The Morgan fingerprint density at radius 1 is 1.47 bits per heavy atom. The largest absolute Gasteiger partial charge is 0.295 e. The number of nitrogens with one attached hydrogen (secondary N) is 1. The average Bonchev–Trinajstić information content (AvgIpc) is 2.75. The van der Waals surface area contributed by atoms with Crippen LogP contribution in [0.4, 0.5) is 5.13 Å². The maximum Gasteiger partial charge on any atom is 0.259 e. The van der Waals surface area contributed by atoms with Gasteiger partial charge in [0.05, 0.1) is 13.1 Å². The topological polar surface area (TPSA) is 67.8 Å². The third-order valence-corrected chi connectivity index (χ3v) is 4.27. The zero-order valence-electron chi connectivity index (χ0n) is 6.90. The molecule has 0 radical (unpaired) electrons. The predicted octanol–water partition coefficient (Wildman–Crippen LogP) is 2.77. The van der Waals surface area contributed by atoms with E-state index in [2.05, 4.69) is 52.0 Å². The number of aromatic nitrogens is 3.